The fourth-order valence-corrected chi connectivity index (χ4v) is 2.84. The third-order valence-corrected chi connectivity index (χ3v) is 4.01. The number of para-hydroxylation sites is 2. The van der Waals surface area contributed by atoms with Gasteiger partial charge in [-0.2, -0.15) is 5.10 Å². The first-order valence-electron chi connectivity index (χ1n) is 6.71. The van der Waals surface area contributed by atoms with Crippen molar-refractivity contribution in [2.24, 2.45) is 16.9 Å². The van der Waals surface area contributed by atoms with E-state index in [9.17, 15) is 0 Å². The molecule has 104 valence electrons. The number of methoxy groups -OCH3 is 1. The second-order valence-corrected chi connectivity index (χ2v) is 5.42. The lowest BCUT2D eigenvalue weighted by molar-refractivity contribution is 0.417. The zero-order valence-electron chi connectivity index (χ0n) is 11.3. The zero-order valence-corrected chi connectivity index (χ0v) is 12.1. The summed E-state index contributed by atoms with van der Waals surface area (Å²) >= 11 is 5.25. The van der Waals surface area contributed by atoms with Gasteiger partial charge in [0, 0.05) is 11.6 Å². The molecule has 0 heterocycles. The second kappa shape index (κ2) is 5.63. The second-order valence-electron chi connectivity index (χ2n) is 5.01. The van der Waals surface area contributed by atoms with E-state index in [2.05, 4.69) is 28.0 Å². The van der Waals surface area contributed by atoms with Gasteiger partial charge in [-0.25, -0.2) is 0 Å². The minimum Gasteiger partial charge on any atom is -0.495 e. The van der Waals surface area contributed by atoms with E-state index in [0.29, 0.717) is 16.9 Å². The Morgan fingerprint density at radius 1 is 1.40 bits per heavy atom. The summed E-state index contributed by atoms with van der Waals surface area (Å²) in [6.45, 7) is 0. The molecule has 3 rings (SSSR count). The monoisotopic (exact) mass is 287 g/mol. The standard InChI is InChI=1S/C15H17N3OS/c1-19-14-8-3-2-7-12(14)16-15(20)18-17-13-9-10-5-4-6-11(10)13/h2-5,7-8,10-11H,6,9H2,1H3,(H2,16,18,20)/b17-13+/t10-,11-/m1/s1. The van der Waals surface area contributed by atoms with Gasteiger partial charge in [0.15, 0.2) is 5.11 Å². The average molecular weight is 287 g/mol. The van der Waals surface area contributed by atoms with Crippen LogP contribution in [0.5, 0.6) is 5.75 Å². The van der Waals surface area contributed by atoms with Crippen LogP contribution < -0.4 is 15.5 Å². The molecule has 1 aromatic rings. The highest BCUT2D eigenvalue weighted by molar-refractivity contribution is 7.80. The van der Waals surface area contributed by atoms with Gasteiger partial charge in [0.05, 0.1) is 12.8 Å². The van der Waals surface area contributed by atoms with Crippen molar-refractivity contribution in [3.63, 3.8) is 0 Å². The Morgan fingerprint density at radius 3 is 3.05 bits per heavy atom. The van der Waals surface area contributed by atoms with Gasteiger partial charge in [-0.15, -0.1) is 0 Å². The number of rotatable bonds is 3. The number of hydrogen-bond acceptors (Lipinski definition) is 3. The van der Waals surface area contributed by atoms with Crippen molar-refractivity contribution in [3.8, 4) is 5.75 Å². The van der Waals surface area contributed by atoms with E-state index in [1.54, 1.807) is 7.11 Å². The Labute approximate surface area is 123 Å². The van der Waals surface area contributed by atoms with Crippen LogP contribution >= 0.6 is 12.2 Å². The lowest BCUT2D eigenvalue weighted by atomic mass is 9.74. The molecule has 0 amide bonds. The molecule has 2 atom stereocenters. The molecule has 20 heavy (non-hydrogen) atoms. The average Bonchev–Trinajstić information content (AvgIpc) is 2.81. The summed E-state index contributed by atoms with van der Waals surface area (Å²) in [6, 6.07) is 7.65. The smallest absolute Gasteiger partial charge is 0.191 e. The summed E-state index contributed by atoms with van der Waals surface area (Å²) in [5.41, 5.74) is 4.97. The van der Waals surface area contributed by atoms with Crippen LogP contribution in [0.1, 0.15) is 12.8 Å². The lowest BCUT2D eigenvalue weighted by Gasteiger charge is -2.31. The van der Waals surface area contributed by atoms with Gasteiger partial charge in [-0.3, -0.25) is 5.43 Å². The Balaban J connectivity index is 1.56. The maximum Gasteiger partial charge on any atom is 0.191 e. The first-order chi connectivity index (χ1) is 9.78. The third kappa shape index (κ3) is 2.54. The van der Waals surface area contributed by atoms with Crippen molar-refractivity contribution < 1.29 is 4.74 Å². The minimum absolute atomic E-state index is 0.483. The quantitative estimate of drug-likeness (QED) is 0.510. The van der Waals surface area contributed by atoms with Gasteiger partial charge in [0.1, 0.15) is 5.75 Å². The molecular weight excluding hydrogens is 270 g/mol. The largest absolute Gasteiger partial charge is 0.495 e. The van der Waals surface area contributed by atoms with E-state index in [4.69, 9.17) is 17.0 Å². The highest BCUT2D eigenvalue weighted by Gasteiger charge is 2.37. The summed E-state index contributed by atoms with van der Waals surface area (Å²) in [7, 11) is 1.64. The number of hydrazone groups is 1. The van der Waals surface area contributed by atoms with Crippen molar-refractivity contribution in [1.29, 1.82) is 0 Å². The van der Waals surface area contributed by atoms with Gasteiger partial charge in [-0.05, 0) is 43.1 Å². The van der Waals surface area contributed by atoms with Crippen LogP contribution in [0.3, 0.4) is 0 Å². The molecule has 2 aliphatic carbocycles. The molecule has 0 aromatic heterocycles. The van der Waals surface area contributed by atoms with Crippen LogP contribution in [0.4, 0.5) is 5.69 Å². The van der Waals surface area contributed by atoms with E-state index in [1.165, 1.54) is 5.71 Å². The summed E-state index contributed by atoms with van der Waals surface area (Å²) in [5, 5.41) is 7.99. The van der Waals surface area contributed by atoms with Gasteiger partial charge in [0.25, 0.3) is 0 Å². The Bertz CT molecular complexity index is 582. The van der Waals surface area contributed by atoms with Crippen LogP contribution in [0.2, 0.25) is 0 Å². The fraction of sp³-hybridized carbons (Fsp3) is 0.333. The number of allylic oxidation sites excluding steroid dienone is 2. The molecule has 0 radical (unpaired) electrons. The van der Waals surface area contributed by atoms with Crippen LogP contribution in [0.25, 0.3) is 0 Å². The predicted molar refractivity (Wildman–Crippen MR) is 85.1 cm³/mol. The highest BCUT2D eigenvalue weighted by Crippen LogP contribution is 2.40. The molecule has 2 aliphatic rings. The molecule has 0 spiro atoms. The molecule has 5 heteroatoms. The molecule has 1 aromatic carbocycles. The van der Waals surface area contributed by atoms with E-state index < -0.39 is 0 Å². The number of nitrogens with one attached hydrogen (secondary N) is 2. The molecule has 0 unspecified atom stereocenters. The SMILES string of the molecule is COc1ccccc1NC(=S)N/N=C1\C[C@H]2C=CC[C@@H]12. The van der Waals surface area contributed by atoms with Crippen molar-refractivity contribution in [3.05, 3.63) is 36.4 Å². The summed E-state index contributed by atoms with van der Waals surface area (Å²) in [6.07, 6.45) is 6.68. The summed E-state index contributed by atoms with van der Waals surface area (Å²) < 4.78 is 5.27. The van der Waals surface area contributed by atoms with E-state index in [-0.39, 0.29) is 0 Å². The van der Waals surface area contributed by atoms with Crippen LogP contribution in [0.15, 0.2) is 41.5 Å². The number of hydrogen-bond donors (Lipinski definition) is 2. The number of benzene rings is 1. The molecule has 2 N–H and O–H groups in total. The Morgan fingerprint density at radius 2 is 2.25 bits per heavy atom. The van der Waals surface area contributed by atoms with Crippen molar-refractivity contribution in [1.82, 2.24) is 5.43 Å². The number of fused-ring (bicyclic) bond motifs is 1. The fourth-order valence-electron chi connectivity index (χ4n) is 2.68. The van der Waals surface area contributed by atoms with Crippen LogP contribution in [0, 0.1) is 11.8 Å². The van der Waals surface area contributed by atoms with Gasteiger partial charge in [-0.1, -0.05) is 24.3 Å². The normalized spacial score (nSPS) is 24.9. The van der Waals surface area contributed by atoms with Gasteiger partial charge < -0.3 is 10.1 Å². The first kappa shape index (κ1) is 13.1. The minimum atomic E-state index is 0.483. The number of thiocarbonyl (C=S) groups is 1. The van der Waals surface area contributed by atoms with E-state index in [0.717, 1.165) is 24.3 Å². The maximum atomic E-state index is 5.27. The van der Waals surface area contributed by atoms with Crippen molar-refractivity contribution in [2.45, 2.75) is 12.8 Å². The molecule has 1 fully saturated rings. The molecule has 0 saturated heterocycles. The van der Waals surface area contributed by atoms with Crippen molar-refractivity contribution >= 4 is 28.7 Å². The van der Waals surface area contributed by atoms with E-state index in [1.807, 2.05) is 24.3 Å². The maximum absolute atomic E-state index is 5.27. The predicted octanol–water partition coefficient (Wildman–Crippen LogP) is 2.93. The molecule has 0 bridgehead atoms. The Kier molecular flexibility index (Phi) is 3.69. The van der Waals surface area contributed by atoms with Crippen LogP contribution in [-0.4, -0.2) is 17.9 Å². The zero-order chi connectivity index (χ0) is 13.9. The molecule has 0 aliphatic heterocycles. The lowest BCUT2D eigenvalue weighted by Crippen LogP contribution is -2.36. The topological polar surface area (TPSA) is 45.6 Å². The number of anilines is 1. The van der Waals surface area contributed by atoms with Gasteiger partial charge >= 0.3 is 0 Å². The van der Waals surface area contributed by atoms with Gasteiger partial charge in [0.2, 0.25) is 0 Å². The molecule has 4 nitrogen and oxygen atoms in total. The highest BCUT2D eigenvalue weighted by atomic mass is 32.1. The number of nitrogens with zero attached hydrogens (tertiary/aromatic N) is 1. The first-order valence-corrected chi connectivity index (χ1v) is 7.12. The summed E-state index contributed by atoms with van der Waals surface area (Å²) in [4.78, 5) is 0. The number of ether oxygens (including phenoxy) is 1. The molecular formula is C15H17N3OS. The van der Waals surface area contributed by atoms with Crippen molar-refractivity contribution in [2.75, 3.05) is 12.4 Å². The summed E-state index contributed by atoms with van der Waals surface area (Å²) in [5.74, 6) is 2.05. The van der Waals surface area contributed by atoms with E-state index >= 15 is 0 Å². The van der Waals surface area contributed by atoms with Crippen LogP contribution in [-0.2, 0) is 0 Å². The third-order valence-electron chi connectivity index (χ3n) is 3.82. The Hall–Kier alpha value is -1.88. The molecule has 1 saturated carbocycles.